The second-order valence-electron chi connectivity index (χ2n) is 6.15. The first kappa shape index (κ1) is 19.9. The van der Waals surface area contributed by atoms with Crippen molar-refractivity contribution in [3.05, 3.63) is 83.7 Å². The molecule has 0 aliphatic carbocycles. The topological polar surface area (TPSA) is 89.5 Å². The van der Waals surface area contributed by atoms with E-state index in [1.807, 2.05) is 24.3 Å². The summed E-state index contributed by atoms with van der Waals surface area (Å²) in [6, 6.07) is 16.0. The van der Waals surface area contributed by atoms with Gasteiger partial charge in [-0.1, -0.05) is 18.2 Å². The van der Waals surface area contributed by atoms with E-state index in [-0.39, 0.29) is 5.91 Å². The smallest absolute Gasteiger partial charge is 0.337 e. The number of benzene rings is 2. The van der Waals surface area contributed by atoms with Crippen molar-refractivity contribution in [1.29, 1.82) is 0 Å². The van der Waals surface area contributed by atoms with Crippen molar-refractivity contribution in [1.82, 2.24) is 10.3 Å². The molecule has 3 rings (SSSR count). The summed E-state index contributed by atoms with van der Waals surface area (Å²) >= 11 is 0. The monoisotopic (exact) mass is 391 g/mol. The van der Waals surface area contributed by atoms with E-state index in [2.05, 4.69) is 20.4 Å². The number of amides is 1. The molecule has 0 aliphatic rings. The van der Waals surface area contributed by atoms with Crippen molar-refractivity contribution in [2.24, 2.45) is 0 Å². The number of rotatable bonds is 7. The zero-order valence-corrected chi connectivity index (χ0v) is 16.1. The first-order chi connectivity index (χ1) is 14.1. The van der Waals surface area contributed by atoms with Crippen molar-refractivity contribution in [3.63, 3.8) is 0 Å². The van der Waals surface area contributed by atoms with Crippen LogP contribution in [0.5, 0.6) is 5.75 Å². The number of hydrogen-bond donors (Lipinski definition) is 2. The van der Waals surface area contributed by atoms with Crippen molar-refractivity contribution >= 4 is 23.3 Å². The molecule has 0 saturated heterocycles. The number of anilines is 2. The summed E-state index contributed by atoms with van der Waals surface area (Å²) in [4.78, 5) is 28.1. The number of hydrogen-bond acceptors (Lipinski definition) is 6. The maximum atomic E-state index is 12.5. The van der Waals surface area contributed by atoms with Crippen LogP contribution in [0.1, 0.15) is 26.3 Å². The fourth-order valence-corrected chi connectivity index (χ4v) is 2.73. The Morgan fingerprint density at radius 3 is 2.41 bits per heavy atom. The van der Waals surface area contributed by atoms with Crippen molar-refractivity contribution in [2.45, 2.75) is 6.54 Å². The largest absolute Gasteiger partial charge is 0.496 e. The van der Waals surface area contributed by atoms with Gasteiger partial charge in [0.25, 0.3) is 5.91 Å². The van der Waals surface area contributed by atoms with Crippen LogP contribution in [0.3, 0.4) is 0 Å². The average Bonchev–Trinajstić information content (AvgIpc) is 2.77. The van der Waals surface area contributed by atoms with E-state index >= 15 is 0 Å². The Labute approximate surface area is 168 Å². The van der Waals surface area contributed by atoms with Crippen LogP contribution in [0.15, 0.2) is 67.0 Å². The number of aromatic nitrogens is 1. The summed E-state index contributed by atoms with van der Waals surface area (Å²) in [5.74, 6) is 0.0803. The second kappa shape index (κ2) is 9.36. The van der Waals surface area contributed by atoms with E-state index in [4.69, 9.17) is 4.74 Å². The molecule has 2 N–H and O–H groups in total. The maximum absolute atomic E-state index is 12.5. The van der Waals surface area contributed by atoms with Crippen LogP contribution in [0.25, 0.3) is 0 Å². The van der Waals surface area contributed by atoms with Crippen molar-refractivity contribution in [2.75, 3.05) is 19.5 Å². The molecular weight excluding hydrogens is 370 g/mol. The van der Waals surface area contributed by atoms with E-state index in [1.54, 1.807) is 43.6 Å². The Morgan fingerprint density at radius 1 is 0.931 bits per heavy atom. The Morgan fingerprint density at radius 2 is 1.69 bits per heavy atom. The average molecular weight is 391 g/mol. The van der Waals surface area contributed by atoms with E-state index in [1.165, 1.54) is 13.3 Å². The van der Waals surface area contributed by atoms with Gasteiger partial charge in [-0.2, -0.15) is 0 Å². The number of para-hydroxylation sites is 1. The summed E-state index contributed by atoms with van der Waals surface area (Å²) in [6.07, 6.45) is 3.12. The normalized spacial score (nSPS) is 10.1. The fourth-order valence-electron chi connectivity index (χ4n) is 2.73. The summed E-state index contributed by atoms with van der Waals surface area (Å²) in [5.41, 5.74) is 3.18. The minimum atomic E-state index is -0.396. The lowest BCUT2D eigenvalue weighted by Crippen LogP contribution is -2.23. The minimum absolute atomic E-state index is 0.243. The predicted molar refractivity (Wildman–Crippen MR) is 109 cm³/mol. The van der Waals surface area contributed by atoms with E-state index in [9.17, 15) is 9.59 Å². The van der Waals surface area contributed by atoms with Gasteiger partial charge in [-0.15, -0.1) is 0 Å². The summed E-state index contributed by atoms with van der Waals surface area (Å²) in [6.45, 7) is 0.343. The molecule has 0 bridgehead atoms. The summed E-state index contributed by atoms with van der Waals surface area (Å²) in [7, 11) is 2.93. The molecular formula is C22H21N3O4. The highest BCUT2D eigenvalue weighted by atomic mass is 16.5. The molecule has 0 aliphatic heterocycles. The second-order valence-corrected chi connectivity index (χ2v) is 6.15. The quantitative estimate of drug-likeness (QED) is 0.599. The molecule has 3 aromatic rings. The molecule has 2 aromatic carbocycles. The molecule has 1 aromatic heterocycles. The molecule has 7 nitrogen and oxygen atoms in total. The van der Waals surface area contributed by atoms with Crippen molar-refractivity contribution < 1.29 is 19.1 Å². The van der Waals surface area contributed by atoms with Crippen LogP contribution in [-0.4, -0.2) is 31.1 Å². The highest BCUT2D eigenvalue weighted by Gasteiger charge is 2.09. The molecule has 0 spiro atoms. The SMILES string of the molecule is COC(=O)c1ccc(Nc2cncc(C(=O)NCc3ccccc3OC)c2)cc1. The summed E-state index contributed by atoms with van der Waals surface area (Å²) < 4.78 is 9.98. The van der Waals surface area contributed by atoms with Crippen LogP contribution in [0, 0.1) is 0 Å². The van der Waals surface area contributed by atoms with E-state index in [0.717, 1.165) is 17.0 Å². The number of pyridine rings is 1. The lowest BCUT2D eigenvalue weighted by atomic mass is 10.2. The van der Waals surface area contributed by atoms with Gasteiger partial charge in [-0.3, -0.25) is 9.78 Å². The molecule has 0 atom stereocenters. The fraction of sp³-hybridized carbons (Fsp3) is 0.136. The van der Waals surface area contributed by atoms with Gasteiger partial charge in [0.1, 0.15) is 5.75 Å². The Balaban J connectivity index is 1.65. The third-order valence-corrected chi connectivity index (χ3v) is 4.23. The third kappa shape index (κ3) is 5.10. The number of nitrogens with zero attached hydrogens (tertiary/aromatic N) is 1. The zero-order chi connectivity index (χ0) is 20.6. The number of carbonyl (C=O) groups is 2. The molecule has 29 heavy (non-hydrogen) atoms. The first-order valence-electron chi connectivity index (χ1n) is 8.91. The van der Waals surface area contributed by atoms with Crippen molar-refractivity contribution in [3.8, 4) is 5.75 Å². The van der Waals surface area contributed by atoms with Crippen LogP contribution < -0.4 is 15.4 Å². The lowest BCUT2D eigenvalue weighted by Gasteiger charge is -2.11. The number of esters is 1. The van der Waals surface area contributed by atoms with Crippen LogP contribution >= 0.6 is 0 Å². The Kier molecular flexibility index (Phi) is 6.42. The van der Waals surface area contributed by atoms with E-state index in [0.29, 0.717) is 23.4 Å². The number of methoxy groups -OCH3 is 2. The van der Waals surface area contributed by atoms with Gasteiger partial charge in [0.15, 0.2) is 0 Å². The minimum Gasteiger partial charge on any atom is -0.496 e. The Bertz CT molecular complexity index is 1000. The first-order valence-corrected chi connectivity index (χ1v) is 8.91. The van der Waals surface area contributed by atoms with Gasteiger partial charge in [0, 0.05) is 24.0 Å². The molecule has 0 radical (unpaired) electrons. The zero-order valence-electron chi connectivity index (χ0n) is 16.1. The molecule has 1 amide bonds. The number of nitrogens with one attached hydrogen (secondary N) is 2. The molecule has 0 unspecified atom stereocenters. The van der Waals surface area contributed by atoms with Gasteiger partial charge >= 0.3 is 5.97 Å². The number of ether oxygens (including phenoxy) is 2. The predicted octanol–water partition coefficient (Wildman–Crippen LogP) is 3.55. The standard InChI is InChI=1S/C22H21N3O4/c1-28-20-6-4-3-5-16(20)13-24-21(26)17-11-19(14-23-12-17)25-18-9-7-15(8-10-18)22(27)29-2/h3-12,14,25H,13H2,1-2H3,(H,24,26). The van der Waals surface area contributed by atoms with E-state index < -0.39 is 5.97 Å². The lowest BCUT2D eigenvalue weighted by molar-refractivity contribution is 0.0600. The summed E-state index contributed by atoms with van der Waals surface area (Å²) in [5, 5.41) is 6.03. The van der Waals surface area contributed by atoms with Gasteiger partial charge < -0.3 is 20.1 Å². The molecule has 148 valence electrons. The molecule has 7 heteroatoms. The third-order valence-electron chi connectivity index (χ3n) is 4.23. The van der Waals surface area contributed by atoms with Gasteiger partial charge in [-0.05, 0) is 36.4 Å². The van der Waals surface area contributed by atoms with Gasteiger partial charge in [-0.25, -0.2) is 4.79 Å². The Hall–Kier alpha value is -3.87. The molecule has 0 fully saturated rings. The number of carbonyl (C=O) groups excluding carboxylic acids is 2. The van der Waals surface area contributed by atoms with Crippen LogP contribution in [-0.2, 0) is 11.3 Å². The van der Waals surface area contributed by atoms with Gasteiger partial charge in [0.2, 0.25) is 0 Å². The molecule has 1 heterocycles. The highest BCUT2D eigenvalue weighted by Crippen LogP contribution is 2.19. The van der Waals surface area contributed by atoms with Crippen LogP contribution in [0.2, 0.25) is 0 Å². The molecule has 0 saturated carbocycles. The van der Waals surface area contributed by atoms with Crippen LogP contribution in [0.4, 0.5) is 11.4 Å². The maximum Gasteiger partial charge on any atom is 0.337 e. The van der Waals surface area contributed by atoms with Gasteiger partial charge in [0.05, 0.1) is 37.2 Å². The highest BCUT2D eigenvalue weighted by molar-refractivity contribution is 5.95.